The zero-order chi connectivity index (χ0) is 21.5. The third-order valence-corrected chi connectivity index (χ3v) is 4.71. The molecule has 2 aromatic carbocycles. The fraction of sp³-hybridized carbons (Fsp3) is 0.304. The summed E-state index contributed by atoms with van der Waals surface area (Å²) in [5.74, 6) is 0.128. The van der Waals surface area contributed by atoms with Gasteiger partial charge in [-0.25, -0.2) is 14.1 Å². The largest absolute Gasteiger partial charge is 0.386 e. The Kier molecular flexibility index (Phi) is 9.44. The number of benzene rings is 2. The Labute approximate surface area is 199 Å². The number of aromatic nitrogens is 2. The van der Waals surface area contributed by atoms with E-state index < -0.39 is 11.9 Å². The number of aryl methyl sites for hydroxylation is 2. The number of hydrogen-bond donors (Lipinski definition) is 3. The number of hydrogen-bond acceptors (Lipinski definition) is 3. The zero-order valence-electron chi connectivity index (χ0n) is 18.0. The van der Waals surface area contributed by atoms with Gasteiger partial charge in [-0.2, -0.15) is 5.10 Å². The summed E-state index contributed by atoms with van der Waals surface area (Å²) in [6, 6.07) is 16.3. The van der Waals surface area contributed by atoms with Crippen molar-refractivity contribution in [2.24, 2.45) is 4.99 Å². The molecule has 166 valence electrons. The molecule has 1 unspecified atom stereocenters. The van der Waals surface area contributed by atoms with Gasteiger partial charge in [-0.3, -0.25) is 0 Å². The maximum absolute atomic E-state index is 13.9. The van der Waals surface area contributed by atoms with Gasteiger partial charge in [0, 0.05) is 24.3 Å². The summed E-state index contributed by atoms with van der Waals surface area (Å²) in [5.41, 5.74) is 4.28. The van der Waals surface area contributed by atoms with Crippen molar-refractivity contribution in [3.63, 3.8) is 0 Å². The number of nitrogens with zero attached hydrogens (tertiary/aromatic N) is 3. The van der Waals surface area contributed by atoms with E-state index in [1.807, 2.05) is 55.8 Å². The van der Waals surface area contributed by atoms with Crippen LogP contribution in [0.3, 0.4) is 0 Å². The minimum absolute atomic E-state index is 0. The van der Waals surface area contributed by atoms with Crippen molar-refractivity contribution < 1.29 is 9.50 Å². The van der Waals surface area contributed by atoms with Gasteiger partial charge < -0.3 is 15.7 Å². The highest BCUT2D eigenvalue weighted by Crippen LogP contribution is 2.18. The van der Waals surface area contributed by atoms with Crippen molar-refractivity contribution >= 4 is 29.9 Å². The van der Waals surface area contributed by atoms with Crippen LogP contribution in [0.2, 0.25) is 0 Å². The Hall–Kier alpha value is -2.46. The molecular formula is C23H29FIN5O. The Balaban J connectivity index is 0.00000341. The van der Waals surface area contributed by atoms with Gasteiger partial charge in [0.25, 0.3) is 0 Å². The average molecular weight is 537 g/mol. The van der Waals surface area contributed by atoms with Gasteiger partial charge in [-0.15, -0.1) is 24.0 Å². The van der Waals surface area contributed by atoms with Crippen LogP contribution in [0, 0.1) is 19.7 Å². The first-order chi connectivity index (χ1) is 14.5. The third-order valence-electron chi connectivity index (χ3n) is 4.71. The van der Waals surface area contributed by atoms with Crippen LogP contribution in [0.1, 0.15) is 35.5 Å². The molecule has 6 nitrogen and oxygen atoms in total. The minimum Gasteiger partial charge on any atom is -0.386 e. The predicted octanol–water partition coefficient (Wildman–Crippen LogP) is 4.03. The maximum Gasteiger partial charge on any atom is 0.191 e. The van der Waals surface area contributed by atoms with E-state index in [0.29, 0.717) is 19.0 Å². The van der Waals surface area contributed by atoms with Crippen molar-refractivity contribution in [3.8, 4) is 5.69 Å². The second-order valence-corrected chi connectivity index (χ2v) is 7.08. The van der Waals surface area contributed by atoms with Crippen molar-refractivity contribution in [2.75, 3.05) is 13.1 Å². The fourth-order valence-corrected chi connectivity index (χ4v) is 3.28. The van der Waals surface area contributed by atoms with E-state index in [0.717, 1.165) is 22.6 Å². The predicted molar refractivity (Wildman–Crippen MR) is 133 cm³/mol. The fourth-order valence-electron chi connectivity index (χ4n) is 3.28. The summed E-state index contributed by atoms with van der Waals surface area (Å²) in [7, 11) is 0. The molecule has 0 saturated heterocycles. The number of aliphatic hydroxyl groups is 1. The minimum atomic E-state index is -0.975. The first-order valence-corrected chi connectivity index (χ1v) is 10.1. The normalized spacial score (nSPS) is 12.2. The zero-order valence-corrected chi connectivity index (χ0v) is 20.3. The molecule has 31 heavy (non-hydrogen) atoms. The van der Waals surface area contributed by atoms with Crippen LogP contribution in [0.4, 0.5) is 4.39 Å². The molecule has 8 heteroatoms. The van der Waals surface area contributed by atoms with Gasteiger partial charge in [-0.1, -0.05) is 36.4 Å². The lowest BCUT2D eigenvalue weighted by Gasteiger charge is -2.16. The van der Waals surface area contributed by atoms with Gasteiger partial charge in [0.05, 0.1) is 24.0 Å². The van der Waals surface area contributed by atoms with Crippen LogP contribution in [-0.4, -0.2) is 33.9 Å². The molecule has 1 heterocycles. The van der Waals surface area contributed by atoms with E-state index in [4.69, 9.17) is 0 Å². The summed E-state index contributed by atoms with van der Waals surface area (Å²) in [4.78, 5) is 4.64. The van der Waals surface area contributed by atoms with Crippen molar-refractivity contribution in [1.29, 1.82) is 0 Å². The van der Waals surface area contributed by atoms with E-state index in [1.54, 1.807) is 18.2 Å². The molecule has 0 aliphatic carbocycles. The number of para-hydroxylation sites is 1. The highest BCUT2D eigenvalue weighted by molar-refractivity contribution is 14.0. The van der Waals surface area contributed by atoms with Crippen LogP contribution in [-0.2, 0) is 6.54 Å². The summed E-state index contributed by atoms with van der Waals surface area (Å²) in [6.45, 7) is 7.20. The van der Waals surface area contributed by atoms with Crippen molar-refractivity contribution in [1.82, 2.24) is 20.4 Å². The number of halogens is 2. The van der Waals surface area contributed by atoms with Crippen LogP contribution < -0.4 is 10.6 Å². The molecule has 3 aromatic rings. The topological polar surface area (TPSA) is 74.5 Å². The smallest absolute Gasteiger partial charge is 0.191 e. The molecular weight excluding hydrogens is 508 g/mol. The number of nitrogens with one attached hydrogen (secondary N) is 2. The van der Waals surface area contributed by atoms with E-state index in [9.17, 15) is 9.50 Å². The summed E-state index contributed by atoms with van der Waals surface area (Å²) in [5, 5.41) is 21.2. The van der Waals surface area contributed by atoms with E-state index in [1.165, 1.54) is 6.07 Å². The summed E-state index contributed by atoms with van der Waals surface area (Å²) >= 11 is 0. The second kappa shape index (κ2) is 11.8. The molecule has 0 spiro atoms. The molecule has 0 amide bonds. The molecule has 3 N–H and O–H groups in total. The Morgan fingerprint density at radius 2 is 1.84 bits per heavy atom. The Bertz CT molecular complexity index is 1020. The Morgan fingerprint density at radius 3 is 2.52 bits per heavy atom. The lowest BCUT2D eigenvalue weighted by molar-refractivity contribution is 0.176. The van der Waals surface area contributed by atoms with Crippen molar-refractivity contribution in [2.45, 2.75) is 33.4 Å². The highest BCUT2D eigenvalue weighted by atomic mass is 127. The quantitative estimate of drug-likeness (QED) is 0.242. The van der Waals surface area contributed by atoms with Gasteiger partial charge in [-0.05, 0) is 44.5 Å². The van der Waals surface area contributed by atoms with Gasteiger partial charge in [0.2, 0.25) is 0 Å². The molecule has 1 atom stereocenters. The standard InChI is InChI=1S/C23H28FN5O.HI/c1-4-25-23(27-15-22(30)19-10-6-7-11-20(19)24)26-14-18-9-5-8-12-21(18)29-17(3)13-16(2)28-29;/h5-13,22,30H,4,14-15H2,1-3H3,(H2,25,26,27);1H. The SMILES string of the molecule is CCNC(=NCc1ccccc1-n1nc(C)cc1C)NCC(O)c1ccccc1F.I. The van der Waals surface area contributed by atoms with Crippen LogP contribution in [0.15, 0.2) is 59.6 Å². The van der Waals surface area contributed by atoms with Gasteiger partial charge in [0.15, 0.2) is 5.96 Å². The van der Waals surface area contributed by atoms with Gasteiger partial charge >= 0.3 is 0 Å². The highest BCUT2D eigenvalue weighted by Gasteiger charge is 2.13. The van der Waals surface area contributed by atoms with Crippen LogP contribution in [0.25, 0.3) is 5.69 Å². The van der Waals surface area contributed by atoms with Gasteiger partial charge in [0.1, 0.15) is 5.82 Å². The molecule has 0 aliphatic rings. The number of guanidine groups is 1. The average Bonchev–Trinajstić information content (AvgIpc) is 3.08. The second-order valence-electron chi connectivity index (χ2n) is 7.08. The van der Waals surface area contributed by atoms with E-state index >= 15 is 0 Å². The molecule has 0 radical (unpaired) electrons. The molecule has 1 aromatic heterocycles. The molecule has 0 aliphatic heterocycles. The number of rotatable bonds is 7. The summed E-state index contributed by atoms with van der Waals surface area (Å²) in [6.07, 6.45) is -0.975. The first kappa shape index (κ1) is 24.8. The Morgan fingerprint density at radius 1 is 1.13 bits per heavy atom. The maximum atomic E-state index is 13.9. The number of aliphatic hydroxyl groups excluding tert-OH is 1. The molecule has 0 fully saturated rings. The summed E-state index contributed by atoms with van der Waals surface area (Å²) < 4.78 is 15.8. The monoisotopic (exact) mass is 537 g/mol. The van der Waals surface area contributed by atoms with E-state index in [2.05, 4.69) is 20.7 Å². The van der Waals surface area contributed by atoms with Crippen LogP contribution >= 0.6 is 24.0 Å². The van der Waals surface area contributed by atoms with E-state index in [-0.39, 0.29) is 36.1 Å². The van der Waals surface area contributed by atoms with Crippen molar-refractivity contribution in [3.05, 3.63) is 82.9 Å². The first-order valence-electron chi connectivity index (χ1n) is 10.1. The lowest BCUT2D eigenvalue weighted by Crippen LogP contribution is -2.39. The molecule has 0 saturated carbocycles. The molecule has 3 rings (SSSR count). The third kappa shape index (κ3) is 6.51. The lowest BCUT2D eigenvalue weighted by atomic mass is 10.1. The van der Waals surface area contributed by atoms with Crippen LogP contribution in [0.5, 0.6) is 0 Å². The number of aliphatic imine (C=N–C) groups is 1. The molecule has 0 bridgehead atoms.